The summed E-state index contributed by atoms with van der Waals surface area (Å²) in [5.41, 5.74) is 5.87. The maximum atomic E-state index is 11.0. The van der Waals surface area contributed by atoms with Gasteiger partial charge in [-0.05, 0) is 31.5 Å². The van der Waals surface area contributed by atoms with Crippen LogP contribution in [0.2, 0.25) is 5.02 Å². The zero-order chi connectivity index (χ0) is 14.3. The van der Waals surface area contributed by atoms with Crippen molar-refractivity contribution in [1.82, 2.24) is 0 Å². The molecule has 0 spiro atoms. The summed E-state index contributed by atoms with van der Waals surface area (Å²) in [4.78, 5) is 10.5. The van der Waals surface area contributed by atoms with Crippen LogP contribution in [0.25, 0.3) is 0 Å². The van der Waals surface area contributed by atoms with Crippen LogP contribution in [0.4, 0.5) is 11.4 Å². The number of nitro groups is 1. The molecule has 3 N–H and O–H groups in total. The molecule has 1 atom stereocenters. The van der Waals surface area contributed by atoms with Crippen LogP contribution in [0.15, 0.2) is 18.2 Å². The Morgan fingerprint density at radius 1 is 1.58 bits per heavy atom. The Hall–Kier alpha value is -1.37. The highest BCUT2D eigenvalue weighted by molar-refractivity contribution is 6.30. The largest absolute Gasteiger partial charge is 0.383 e. The Labute approximate surface area is 117 Å². The Kier molecular flexibility index (Phi) is 6.55. The highest BCUT2D eigenvalue weighted by Crippen LogP contribution is 2.28. The van der Waals surface area contributed by atoms with E-state index in [0.717, 1.165) is 12.8 Å². The van der Waals surface area contributed by atoms with Gasteiger partial charge in [0.15, 0.2) is 0 Å². The van der Waals surface area contributed by atoms with Crippen molar-refractivity contribution >= 4 is 23.0 Å². The van der Waals surface area contributed by atoms with Crippen molar-refractivity contribution in [3.63, 3.8) is 0 Å². The summed E-state index contributed by atoms with van der Waals surface area (Å²) in [7, 11) is 1.59. The minimum atomic E-state index is -0.457. The first-order valence-corrected chi connectivity index (χ1v) is 6.35. The Bertz CT molecular complexity index is 429. The van der Waals surface area contributed by atoms with E-state index >= 15 is 0 Å². The monoisotopic (exact) mass is 287 g/mol. The summed E-state index contributed by atoms with van der Waals surface area (Å²) in [6.07, 6.45) is 1.60. The second-order valence-corrected chi connectivity index (χ2v) is 4.58. The number of ether oxygens (including phenoxy) is 1. The van der Waals surface area contributed by atoms with Crippen molar-refractivity contribution < 1.29 is 9.66 Å². The Morgan fingerprint density at radius 3 is 2.89 bits per heavy atom. The van der Waals surface area contributed by atoms with Crippen LogP contribution < -0.4 is 11.1 Å². The first-order valence-electron chi connectivity index (χ1n) is 5.98. The van der Waals surface area contributed by atoms with Gasteiger partial charge in [-0.1, -0.05) is 11.6 Å². The van der Waals surface area contributed by atoms with E-state index in [0.29, 0.717) is 23.9 Å². The zero-order valence-corrected chi connectivity index (χ0v) is 11.5. The van der Waals surface area contributed by atoms with E-state index in [1.165, 1.54) is 6.07 Å². The number of methoxy groups -OCH3 is 1. The lowest BCUT2D eigenvalue weighted by Crippen LogP contribution is -2.26. The van der Waals surface area contributed by atoms with Gasteiger partial charge in [-0.2, -0.15) is 0 Å². The molecule has 6 nitrogen and oxygen atoms in total. The fourth-order valence-electron chi connectivity index (χ4n) is 1.76. The number of benzene rings is 1. The molecule has 1 aromatic rings. The highest BCUT2D eigenvalue weighted by atomic mass is 35.5. The van der Waals surface area contributed by atoms with E-state index in [1.54, 1.807) is 19.2 Å². The second kappa shape index (κ2) is 7.93. The van der Waals surface area contributed by atoms with Crippen LogP contribution >= 0.6 is 11.6 Å². The Balaban J connectivity index is 2.85. The van der Waals surface area contributed by atoms with Crippen LogP contribution in [0.5, 0.6) is 0 Å². The molecule has 1 rings (SSSR count). The van der Waals surface area contributed by atoms with Gasteiger partial charge in [-0.15, -0.1) is 0 Å². The minimum Gasteiger partial charge on any atom is -0.383 e. The SMILES string of the molecule is COCC(CCCN)Nc1ccc(Cl)cc1[N+](=O)[O-]. The van der Waals surface area contributed by atoms with Crippen molar-refractivity contribution in [2.75, 3.05) is 25.6 Å². The molecule has 0 aromatic heterocycles. The van der Waals surface area contributed by atoms with Gasteiger partial charge in [-0.25, -0.2) is 0 Å². The Morgan fingerprint density at radius 2 is 2.32 bits per heavy atom. The van der Waals surface area contributed by atoms with Gasteiger partial charge in [0.1, 0.15) is 5.69 Å². The first-order chi connectivity index (χ1) is 9.08. The van der Waals surface area contributed by atoms with Crippen LogP contribution in [-0.2, 0) is 4.74 Å². The molecule has 0 aliphatic carbocycles. The lowest BCUT2D eigenvalue weighted by Gasteiger charge is -2.18. The average molecular weight is 288 g/mol. The van der Waals surface area contributed by atoms with Crippen LogP contribution in [0, 0.1) is 10.1 Å². The van der Waals surface area contributed by atoms with E-state index in [-0.39, 0.29) is 11.7 Å². The topological polar surface area (TPSA) is 90.4 Å². The average Bonchev–Trinajstić information content (AvgIpc) is 2.38. The fourth-order valence-corrected chi connectivity index (χ4v) is 1.93. The predicted molar refractivity (Wildman–Crippen MR) is 75.7 cm³/mol. The van der Waals surface area contributed by atoms with Gasteiger partial charge in [0.05, 0.1) is 11.5 Å². The quantitative estimate of drug-likeness (QED) is 0.566. The molecule has 0 bridgehead atoms. The number of nitrogens with zero attached hydrogens (tertiary/aromatic N) is 1. The number of hydrogen-bond acceptors (Lipinski definition) is 5. The van der Waals surface area contributed by atoms with E-state index in [9.17, 15) is 10.1 Å². The molecule has 0 aliphatic rings. The number of hydrogen-bond donors (Lipinski definition) is 2. The summed E-state index contributed by atoms with van der Waals surface area (Å²) in [6.45, 7) is 1.03. The lowest BCUT2D eigenvalue weighted by atomic mass is 10.1. The van der Waals surface area contributed by atoms with Crippen molar-refractivity contribution in [3.8, 4) is 0 Å². The third-order valence-electron chi connectivity index (χ3n) is 2.64. The van der Waals surface area contributed by atoms with E-state index < -0.39 is 4.92 Å². The maximum Gasteiger partial charge on any atom is 0.293 e. The normalized spacial score (nSPS) is 12.2. The summed E-state index contributed by atoms with van der Waals surface area (Å²) >= 11 is 5.77. The molecule has 7 heteroatoms. The van der Waals surface area contributed by atoms with Gasteiger partial charge in [-0.3, -0.25) is 10.1 Å². The van der Waals surface area contributed by atoms with Crippen molar-refractivity contribution in [2.45, 2.75) is 18.9 Å². The fraction of sp³-hybridized carbons (Fsp3) is 0.500. The van der Waals surface area contributed by atoms with E-state index in [2.05, 4.69) is 5.32 Å². The summed E-state index contributed by atoms with van der Waals surface area (Å²) < 4.78 is 5.10. The molecule has 106 valence electrons. The maximum absolute atomic E-state index is 11.0. The standard InChI is InChI=1S/C12H18ClN3O3/c1-19-8-10(3-2-6-14)15-11-5-4-9(13)7-12(11)16(17)18/h4-5,7,10,15H,2-3,6,8,14H2,1H3. The molecule has 0 saturated carbocycles. The summed E-state index contributed by atoms with van der Waals surface area (Å²) in [5.74, 6) is 0. The van der Waals surface area contributed by atoms with Crippen LogP contribution in [0.1, 0.15) is 12.8 Å². The molecule has 0 fully saturated rings. The molecular formula is C12H18ClN3O3. The number of nitrogens with two attached hydrogens (primary N) is 1. The predicted octanol–water partition coefficient (Wildman–Crippen LogP) is 2.41. The van der Waals surface area contributed by atoms with Gasteiger partial charge >= 0.3 is 0 Å². The summed E-state index contributed by atoms with van der Waals surface area (Å²) in [6, 6.07) is 4.53. The highest BCUT2D eigenvalue weighted by Gasteiger charge is 2.17. The van der Waals surface area contributed by atoms with Crippen molar-refractivity contribution in [1.29, 1.82) is 0 Å². The molecule has 0 radical (unpaired) electrons. The zero-order valence-electron chi connectivity index (χ0n) is 10.8. The molecule has 1 unspecified atom stereocenters. The molecule has 1 aromatic carbocycles. The number of halogens is 1. The molecule has 0 saturated heterocycles. The van der Waals surface area contributed by atoms with Gasteiger partial charge in [0.25, 0.3) is 5.69 Å². The first kappa shape index (κ1) is 15.7. The third kappa shape index (κ3) is 5.02. The number of nitro benzene ring substituents is 1. The molecule has 0 amide bonds. The van der Waals surface area contributed by atoms with Crippen LogP contribution in [0.3, 0.4) is 0 Å². The van der Waals surface area contributed by atoms with E-state index in [4.69, 9.17) is 22.1 Å². The second-order valence-electron chi connectivity index (χ2n) is 4.15. The molecule has 19 heavy (non-hydrogen) atoms. The molecular weight excluding hydrogens is 270 g/mol. The van der Waals surface area contributed by atoms with Gasteiger partial charge in [0.2, 0.25) is 0 Å². The number of nitrogens with one attached hydrogen (secondary N) is 1. The van der Waals surface area contributed by atoms with E-state index in [1.807, 2.05) is 0 Å². The van der Waals surface area contributed by atoms with Crippen molar-refractivity contribution in [2.24, 2.45) is 5.73 Å². The third-order valence-corrected chi connectivity index (χ3v) is 2.88. The van der Waals surface area contributed by atoms with Gasteiger partial charge in [0, 0.05) is 24.2 Å². The molecule has 0 aliphatic heterocycles. The molecule has 0 heterocycles. The number of rotatable bonds is 8. The van der Waals surface area contributed by atoms with Crippen LogP contribution in [-0.4, -0.2) is 31.2 Å². The summed E-state index contributed by atoms with van der Waals surface area (Å²) in [5, 5.41) is 14.4. The minimum absolute atomic E-state index is 0.0200. The van der Waals surface area contributed by atoms with Crippen molar-refractivity contribution in [3.05, 3.63) is 33.3 Å². The lowest BCUT2D eigenvalue weighted by molar-refractivity contribution is -0.384. The number of anilines is 1. The van der Waals surface area contributed by atoms with Gasteiger partial charge < -0.3 is 15.8 Å². The smallest absolute Gasteiger partial charge is 0.293 e.